The molecule has 0 saturated heterocycles. The van der Waals surface area contributed by atoms with Crippen molar-refractivity contribution in [2.45, 2.75) is 6.42 Å². The number of nitriles is 1. The summed E-state index contributed by atoms with van der Waals surface area (Å²) in [5.74, 6) is 0.739. The molecular weight excluding hydrogens is 273 g/mol. The Kier molecular flexibility index (Phi) is 5.17. The number of halogens is 2. The van der Waals surface area contributed by atoms with Gasteiger partial charge in [-0.3, -0.25) is 0 Å². The van der Waals surface area contributed by atoms with Gasteiger partial charge in [0.2, 0.25) is 0 Å². The van der Waals surface area contributed by atoms with E-state index in [2.05, 4.69) is 5.16 Å². The van der Waals surface area contributed by atoms with E-state index in [-0.39, 0.29) is 12.4 Å². The molecule has 6 heteroatoms. The Morgan fingerprint density at radius 3 is 2.78 bits per heavy atom. The van der Waals surface area contributed by atoms with Gasteiger partial charge in [-0.2, -0.15) is 5.26 Å². The molecule has 4 nitrogen and oxygen atoms in total. The van der Waals surface area contributed by atoms with Crippen molar-refractivity contribution in [2.24, 2.45) is 5.73 Å². The Balaban J connectivity index is 0.00000162. The van der Waals surface area contributed by atoms with Crippen molar-refractivity contribution in [3.05, 3.63) is 40.6 Å². The molecule has 0 bridgehead atoms. The van der Waals surface area contributed by atoms with Gasteiger partial charge in [0.15, 0.2) is 0 Å². The summed E-state index contributed by atoms with van der Waals surface area (Å²) in [6.45, 7) is 0.517. The van der Waals surface area contributed by atoms with Crippen LogP contribution in [0.25, 0.3) is 11.3 Å². The summed E-state index contributed by atoms with van der Waals surface area (Å²) < 4.78 is 5.12. The fourth-order valence-electron chi connectivity index (χ4n) is 1.47. The summed E-state index contributed by atoms with van der Waals surface area (Å²) in [5, 5.41) is 13.1. The molecule has 18 heavy (non-hydrogen) atoms. The highest BCUT2D eigenvalue weighted by atomic mass is 35.5. The van der Waals surface area contributed by atoms with Crippen molar-refractivity contribution in [2.75, 3.05) is 6.54 Å². The molecular formula is C12H11Cl2N3O. The normalized spacial score (nSPS) is 9.61. The topological polar surface area (TPSA) is 75.8 Å². The zero-order chi connectivity index (χ0) is 12.3. The summed E-state index contributed by atoms with van der Waals surface area (Å²) in [7, 11) is 0. The molecule has 2 aromatic rings. The summed E-state index contributed by atoms with van der Waals surface area (Å²) >= 11 is 5.95. The minimum absolute atomic E-state index is 0. The van der Waals surface area contributed by atoms with Gasteiger partial charge in [-0.1, -0.05) is 22.8 Å². The number of nitrogens with two attached hydrogens (primary N) is 1. The Bertz CT molecular complexity index is 575. The second-order valence-corrected chi connectivity index (χ2v) is 3.93. The molecule has 0 amide bonds. The van der Waals surface area contributed by atoms with Gasteiger partial charge in [0, 0.05) is 18.1 Å². The van der Waals surface area contributed by atoms with E-state index in [9.17, 15) is 0 Å². The zero-order valence-corrected chi connectivity index (χ0v) is 11.0. The molecule has 0 atom stereocenters. The Labute approximate surface area is 116 Å². The lowest BCUT2D eigenvalue weighted by Crippen LogP contribution is -2.01. The highest BCUT2D eigenvalue weighted by molar-refractivity contribution is 6.32. The maximum absolute atomic E-state index is 8.77. The Hall–Kier alpha value is -1.54. The Morgan fingerprint density at radius 1 is 1.39 bits per heavy atom. The maximum Gasteiger partial charge on any atom is 0.138 e. The highest BCUT2D eigenvalue weighted by Crippen LogP contribution is 2.25. The molecule has 0 radical (unpaired) electrons. The molecule has 0 fully saturated rings. The lowest BCUT2D eigenvalue weighted by molar-refractivity contribution is 0.386. The third kappa shape index (κ3) is 3.02. The van der Waals surface area contributed by atoms with Crippen LogP contribution in [0.15, 0.2) is 28.8 Å². The fourth-order valence-corrected chi connectivity index (χ4v) is 1.70. The number of aromatic nitrogens is 1. The molecule has 0 aliphatic carbocycles. The molecule has 0 spiro atoms. The van der Waals surface area contributed by atoms with Crippen molar-refractivity contribution >= 4 is 24.0 Å². The molecule has 1 heterocycles. The van der Waals surface area contributed by atoms with Crippen LogP contribution in [0.5, 0.6) is 0 Å². The van der Waals surface area contributed by atoms with Crippen LogP contribution >= 0.6 is 24.0 Å². The number of nitrogens with zero attached hydrogens (tertiary/aromatic N) is 2. The molecule has 1 aromatic heterocycles. The third-order valence-electron chi connectivity index (χ3n) is 2.33. The first-order chi connectivity index (χ1) is 8.24. The van der Waals surface area contributed by atoms with E-state index in [1.165, 1.54) is 0 Å². The van der Waals surface area contributed by atoms with Crippen LogP contribution in [0.4, 0.5) is 0 Å². The molecule has 0 saturated carbocycles. The summed E-state index contributed by atoms with van der Waals surface area (Å²) in [6, 6.07) is 8.98. The van der Waals surface area contributed by atoms with Gasteiger partial charge in [0.1, 0.15) is 17.5 Å². The van der Waals surface area contributed by atoms with E-state index in [4.69, 9.17) is 27.1 Å². The van der Waals surface area contributed by atoms with Crippen LogP contribution in [0.3, 0.4) is 0 Å². The molecule has 2 N–H and O–H groups in total. The molecule has 0 aliphatic rings. The SMILES string of the molecule is Cl.N#Cc1ccc(-c2cc(CCN)on2)cc1Cl. The Morgan fingerprint density at radius 2 is 2.17 bits per heavy atom. The standard InChI is InChI=1S/C12H10ClN3O.ClH/c13-11-5-8(1-2-9(11)7-15)12-6-10(3-4-14)17-16-12;/h1-2,5-6H,3-4,14H2;1H. The van der Waals surface area contributed by atoms with Crippen LogP contribution in [-0.4, -0.2) is 11.7 Å². The van der Waals surface area contributed by atoms with Crippen LogP contribution in [0.2, 0.25) is 5.02 Å². The minimum Gasteiger partial charge on any atom is -0.361 e. The van der Waals surface area contributed by atoms with Gasteiger partial charge in [-0.25, -0.2) is 0 Å². The maximum atomic E-state index is 8.77. The first-order valence-electron chi connectivity index (χ1n) is 5.10. The lowest BCUT2D eigenvalue weighted by atomic mass is 10.1. The van der Waals surface area contributed by atoms with E-state index in [1.54, 1.807) is 18.2 Å². The molecule has 0 aliphatic heterocycles. The van der Waals surface area contributed by atoms with Crippen molar-refractivity contribution in [1.29, 1.82) is 5.26 Å². The number of benzene rings is 1. The fraction of sp³-hybridized carbons (Fsp3) is 0.167. The number of rotatable bonds is 3. The van der Waals surface area contributed by atoms with Gasteiger partial charge in [-0.05, 0) is 18.7 Å². The molecule has 94 valence electrons. The van der Waals surface area contributed by atoms with Gasteiger partial charge >= 0.3 is 0 Å². The molecule has 2 rings (SSSR count). The largest absolute Gasteiger partial charge is 0.361 e. The zero-order valence-electron chi connectivity index (χ0n) is 9.39. The van der Waals surface area contributed by atoms with E-state index < -0.39 is 0 Å². The van der Waals surface area contributed by atoms with E-state index in [0.29, 0.717) is 29.2 Å². The summed E-state index contributed by atoms with van der Waals surface area (Å²) in [4.78, 5) is 0. The number of hydrogen-bond acceptors (Lipinski definition) is 4. The molecule has 1 aromatic carbocycles. The smallest absolute Gasteiger partial charge is 0.138 e. The summed E-state index contributed by atoms with van der Waals surface area (Å²) in [6.07, 6.45) is 0.650. The lowest BCUT2D eigenvalue weighted by Gasteiger charge is -1.97. The van der Waals surface area contributed by atoms with E-state index >= 15 is 0 Å². The number of hydrogen-bond donors (Lipinski definition) is 1. The predicted molar refractivity (Wildman–Crippen MR) is 71.7 cm³/mol. The third-order valence-corrected chi connectivity index (χ3v) is 2.65. The average molecular weight is 284 g/mol. The van der Waals surface area contributed by atoms with E-state index in [1.807, 2.05) is 12.1 Å². The first kappa shape index (κ1) is 14.5. The molecule has 0 unspecified atom stereocenters. The summed E-state index contributed by atoms with van der Waals surface area (Å²) in [5.41, 5.74) is 7.39. The first-order valence-corrected chi connectivity index (χ1v) is 5.48. The monoisotopic (exact) mass is 283 g/mol. The van der Waals surface area contributed by atoms with Crippen LogP contribution < -0.4 is 5.73 Å². The van der Waals surface area contributed by atoms with Gasteiger partial charge in [-0.15, -0.1) is 12.4 Å². The van der Waals surface area contributed by atoms with Gasteiger partial charge < -0.3 is 10.3 Å². The van der Waals surface area contributed by atoms with Crippen molar-refractivity contribution in [3.63, 3.8) is 0 Å². The second-order valence-electron chi connectivity index (χ2n) is 3.52. The van der Waals surface area contributed by atoms with E-state index in [0.717, 1.165) is 11.3 Å². The minimum atomic E-state index is 0. The second kappa shape index (κ2) is 6.41. The van der Waals surface area contributed by atoms with Gasteiger partial charge in [0.25, 0.3) is 0 Å². The van der Waals surface area contributed by atoms with Gasteiger partial charge in [0.05, 0.1) is 10.6 Å². The quantitative estimate of drug-likeness (QED) is 0.940. The van der Waals surface area contributed by atoms with Crippen LogP contribution in [-0.2, 0) is 6.42 Å². The average Bonchev–Trinajstić information content (AvgIpc) is 2.78. The van der Waals surface area contributed by atoms with Crippen molar-refractivity contribution in [1.82, 2.24) is 5.16 Å². The van der Waals surface area contributed by atoms with Crippen molar-refractivity contribution < 1.29 is 4.52 Å². The van der Waals surface area contributed by atoms with Crippen molar-refractivity contribution in [3.8, 4) is 17.3 Å². The highest BCUT2D eigenvalue weighted by Gasteiger charge is 2.08. The predicted octanol–water partition coefficient (Wildman–Crippen LogP) is 2.79. The van der Waals surface area contributed by atoms with Crippen LogP contribution in [0.1, 0.15) is 11.3 Å². The van der Waals surface area contributed by atoms with Crippen LogP contribution in [0, 0.1) is 11.3 Å².